The van der Waals surface area contributed by atoms with E-state index in [9.17, 15) is 9.59 Å². The molecule has 2 amide bonds. The van der Waals surface area contributed by atoms with Gasteiger partial charge in [-0.15, -0.1) is 10.2 Å². The number of rotatable bonds is 7. The summed E-state index contributed by atoms with van der Waals surface area (Å²) in [6, 6.07) is 14.9. The molecular formula is C23H24ClN5O3S. The molecule has 33 heavy (non-hydrogen) atoms. The Morgan fingerprint density at radius 1 is 1.09 bits per heavy atom. The lowest BCUT2D eigenvalue weighted by atomic mass is 10.2. The van der Waals surface area contributed by atoms with Crippen LogP contribution in [0.2, 0.25) is 5.02 Å². The van der Waals surface area contributed by atoms with Gasteiger partial charge in [-0.05, 0) is 42.5 Å². The van der Waals surface area contributed by atoms with Crippen molar-refractivity contribution in [1.82, 2.24) is 15.1 Å². The Hall–Kier alpha value is -3.04. The Labute approximate surface area is 201 Å². The van der Waals surface area contributed by atoms with Crippen LogP contribution in [0.3, 0.4) is 0 Å². The zero-order valence-corrected chi connectivity index (χ0v) is 19.7. The van der Waals surface area contributed by atoms with Crippen molar-refractivity contribution < 1.29 is 14.0 Å². The minimum absolute atomic E-state index is 0.145. The van der Waals surface area contributed by atoms with E-state index in [0.717, 1.165) is 37.4 Å². The van der Waals surface area contributed by atoms with Crippen molar-refractivity contribution in [2.75, 3.05) is 42.1 Å². The summed E-state index contributed by atoms with van der Waals surface area (Å²) in [6.45, 7) is 4.96. The van der Waals surface area contributed by atoms with Gasteiger partial charge in [0.15, 0.2) is 0 Å². The van der Waals surface area contributed by atoms with Crippen molar-refractivity contribution >= 4 is 46.6 Å². The van der Waals surface area contributed by atoms with Gasteiger partial charge in [-0.3, -0.25) is 9.59 Å². The predicted molar refractivity (Wildman–Crippen MR) is 130 cm³/mol. The molecule has 8 nitrogen and oxygen atoms in total. The van der Waals surface area contributed by atoms with E-state index in [1.807, 2.05) is 42.2 Å². The molecule has 0 spiro atoms. The van der Waals surface area contributed by atoms with Crippen LogP contribution in [0, 0.1) is 0 Å². The maximum atomic E-state index is 12.3. The molecule has 1 fully saturated rings. The predicted octanol–water partition coefficient (Wildman–Crippen LogP) is 4.18. The first-order valence-electron chi connectivity index (χ1n) is 10.7. The largest absolute Gasteiger partial charge is 0.411 e. The summed E-state index contributed by atoms with van der Waals surface area (Å²) in [7, 11) is 0. The molecule has 10 heteroatoms. The number of hydrogen-bond donors (Lipinski definition) is 1. The lowest BCUT2D eigenvalue weighted by molar-refractivity contribution is -0.131. The molecule has 2 heterocycles. The lowest BCUT2D eigenvalue weighted by Gasteiger charge is -2.36. The number of aromatic nitrogens is 2. The van der Waals surface area contributed by atoms with Gasteiger partial charge >= 0.3 is 0 Å². The molecule has 2 aromatic carbocycles. The van der Waals surface area contributed by atoms with E-state index in [0.29, 0.717) is 28.2 Å². The molecule has 0 unspecified atom stereocenters. The van der Waals surface area contributed by atoms with Crippen molar-refractivity contribution in [3.05, 3.63) is 53.6 Å². The van der Waals surface area contributed by atoms with Crippen LogP contribution >= 0.6 is 23.4 Å². The number of piperazine rings is 1. The molecule has 0 radical (unpaired) electrons. The first-order chi connectivity index (χ1) is 16.0. The van der Waals surface area contributed by atoms with Gasteiger partial charge in [0.25, 0.3) is 5.22 Å². The third-order valence-corrected chi connectivity index (χ3v) is 6.31. The third kappa shape index (κ3) is 6.06. The van der Waals surface area contributed by atoms with Crippen LogP contribution in [0.15, 0.2) is 58.2 Å². The summed E-state index contributed by atoms with van der Waals surface area (Å²) in [4.78, 5) is 28.3. The highest BCUT2D eigenvalue weighted by atomic mass is 35.5. The maximum Gasteiger partial charge on any atom is 0.277 e. The van der Waals surface area contributed by atoms with Gasteiger partial charge in [0.05, 0.1) is 5.75 Å². The van der Waals surface area contributed by atoms with E-state index in [1.54, 1.807) is 18.2 Å². The summed E-state index contributed by atoms with van der Waals surface area (Å²) >= 11 is 7.16. The molecule has 1 aliphatic heterocycles. The molecule has 0 bridgehead atoms. The number of thioether (sulfide) groups is 1. The van der Waals surface area contributed by atoms with E-state index in [4.69, 9.17) is 16.0 Å². The number of anilines is 2. The second-order valence-corrected chi connectivity index (χ2v) is 8.85. The fraction of sp³-hybridized carbons (Fsp3) is 0.304. The zero-order valence-electron chi connectivity index (χ0n) is 18.2. The first-order valence-corrected chi connectivity index (χ1v) is 12.0. The van der Waals surface area contributed by atoms with Gasteiger partial charge in [-0.1, -0.05) is 36.4 Å². The van der Waals surface area contributed by atoms with Crippen LogP contribution in [0.5, 0.6) is 0 Å². The van der Waals surface area contributed by atoms with E-state index in [1.165, 1.54) is 11.8 Å². The fourth-order valence-electron chi connectivity index (χ4n) is 3.52. The number of halogens is 1. The summed E-state index contributed by atoms with van der Waals surface area (Å²) in [5.41, 5.74) is 2.52. The van der Waals surface area contributed by atoms with Crippen LogP contribution in [0.1, 0.15) is 13.3 Å². The highest BCUT2D eigenvalue weighted by molar-refractivity contribution is 7.99. The summed E-state index contributed by atoms with van der Waals surface area (Å²) in [5, 5.41) is 11.8. The molecular weight excluding hydrogens is 462 g/mol. The van der Waals surface area contributed by atoms with E-state index in [2.05, 4.69) is 20.4 Å². The number of carbonyl (C=O) groups excluding carboxylic acids is 2. The molecule has 4 rings (SSSR count). The van der Waals surface area contributed by atoms with Crippen LogP contribution < -0.4 is 10.2 Å². The van der Waals surface area contributed by atoms with Crippen molar-refractivity contribution in [2.24, 2.45) is 0 Å². The average Bonchev–Trinajstić information content (AvgIpc) is 3.32. The van der Waals surface area contributed by atoms with Gasteiger partial charge in [0.1, 0.15) is 0 Å². The van der Waals surface area contributed by atoms with Crippen LogP contribution in [0.4, 0.5) is 11.4 Å². The summed E-state index contributed by atoms with van der Waals surface area (Å²) in [5.74, 6) is 0.538. The Morgan fingerprint density at radius 2 is 1.85 bits per heavy atom. The number of amides is 2. The van der Waals surface area contributed by atoms with Gasteiger partial charge in [-0.25, -0.2) is 0 Å². The standard InChI is InChI=1S/C23H24ClN5O3S/c1-2-21(31)29-12-10-28(11-13-29)19-8-6-18(7-9-19)25-20(30)15-33-23-27-26-22(32-23)16-4-3-5-17(24)14-16/h3-9,14H,2,10-13,15H2,1H3,(H,25,30). The molecule has 1 saturated heterocycles. The Kier molecular flexibility index (Phi) is 7.51. The number of hydrogen-bond acceptors (Lipinski definition) is 7. The number of nitrogens with zero attached hydrogens (tertiary/aromatic N) is 4. The second-order valence-electron chi connectivity index (χ2n) is 7.49. The van der Waals surface area contributed by atoms with E-state index in [-0.39, 0.29) is 17.6 Å². The highest BCUT2D eigenvalue weighted by Crippen LogP contribution is 2.25. The molecule has 0 saturated carbocycles. The first kappa shape index (κ1) is 23.1. The second kappa shape index (κ2) is 10.7. The lowest BCUT2D eigenvalue weighted by Crippen LogP contribution is -2.48. The SMILES string of the molecule is CCC(=O)N1CCN(c2ccc(NC(=O)CSc3nnc(-c4cccc(Cl)c4)o3)cc2)CC1. The molecule has 172 valence electrons. The topological polar surface area (TPSA) is 91.6 Å². The molecule has 1 aromatic heterocycles. The molecule has 0 atom stereocenters. The Balaban J connectivity index is 1.25. The fourth-order valence-corrected chi connectivity index (χ4v) is 4.28. The maximum absolute atomic E-state index is 12.3. The highest BCUT2D eigenvalue weighted by Gasteiger charge is 2.20. The van der Waals surface area contributed by atoms with E-state index >= 15 is 0 Å². The Bertz CT molecular complexity index is 1110. The molecule has 3 aromatic rings. The minimum atomic E-state index is -0.165. The molecule has 1 aliphatic rings. The zero-order chi connectivity index (χ0) is 23.2. The number of nitrogens with one attached hydrogen (secondary N) is 1. The van der Waals surface area contributed by atoms with Crippen LogP contribution in [-0.2, 0) is 9.59 Å². The van der Waals surface area contributed by atoms with Gasteiger partial charge in [0, 0.05) is 54.6 Å². The molecule has 1 N–H and O–H groups in total. The minimum Gasteiger partial charge on any atom is -0.411 e. The smallest absolute Gasteiger partial charge is 0.277 e. The van der Waals surface area contributed by atoms with Gasteiger partial charge in [-0.2, -0.15) is 0 Å². The summed E-state index contributed by atoms with van der Waals surface area (Å²) < 4.78 is 5.61. The van der Waals surface area contributed by atoms with Crippen molar-refractivity contribution in [3.8, 4) is 11.5 Å². The van der Waals surface area contributed by atoms with Crippen LogP contribution in [0.25, 0.3) is 11.5 Å². The third-order valence-electron chi connectivity index (χ3n) is 5.26. The quantitative estimate of drug-likeness (QED) is 0.502. The number of carbonyl (C=O) groups is 2. The molecule has 0 aliphatic carbocycles. The van der Waals surface area contributed by atoms with E-state index < -0.39 is 0 Å². The average molecular weight is 486 g/mol. The van der Waals surface area contributed by atoms with Gasteiger partial charge in [0.2, 0.25) is 17.7 Å². The summed E-state index contributed by atoms with van der Waals surface area (Å²) in [6.07, 6.45) is 0.544. The Morgan fingerprint density at radius 3 is 2.55 bits per heavy atom. The number of benzene rings is 2. The van der Waals surface area contributed by atoms with Crippen molar-refractivity contribution in [1.29, 1.82) is 0 Å². The monoisotopic (exact) mass is 485 g/mol. The normalized spacial score (nSPS) is 13.8. The van der Waals surface area contributed by atoms with Crippen LogP contribution in [-0.4, -0.2) is 58.8 Å². The van der Waals surface area contributed by atoms with Gasteiger partial charge < -0.3 is 19.5 Å². The van der Waals surface area contributed by atoms with Crippen molar-refractivity contribution in [3.63, 3.8) is 0 Å². The van der Waals surface area contributed by atoms with Crippen molar-refractivity contribution in [2.45, 2.75) is 18.6 Å².